The standard InChI is InChI=1S/C20H22BrN3O2S/c1-4-25-18-11-14(2)5-10-17(18)26-12-19-22-23-20(24(19)3)27-13-15-6-8-16(21)9-7-15/h5-11H,4,12-13H2,1-3H3. The number of nitrogens with zero attached hydrogens (tertiary/aromatic N) is 3. The summed E-state index contributed by atoms with van der Waals surface area (Å²) in [5, 5.41) is 9.42. The fourth-order valence-electron chi connectivity index (χ4n) is 2.47. The lowest BCUT2D eigenvalue weighted by atomic mass is 10.2. The summed E-state index contributed by atoms with van der Waals surface area (Å²) in [7, 11) is 1.96. The van der Waals surface area contributed by atoms with E-state index < -0.39 is 0 Å². The molecule has 1 aromatic heterocycles. The molecular formula is C20H22BrN3O2S. The molecule has 0 aliphatic carbocycles. The van der Waals surface area contributed by atoms with Gasteiger partial charge in [-0.3, -0.25) is 0 Å². The summed E-state index contributed by atoms with van der Waals surface area (Å²) in [4.78, 5) is 0. The number of hydrogen-bond donors (Lipinski definition) is 0. The minimum absolute atomic E-state index is 0.339. The van der Waals surface area contributed by atoms with Crippen LogP contribution in [0.4, 0.5) is 0 Å². The summed E-state index contributed by atoms with van der Waals surface area (Å²) in [5.41, 5.74) is 2.38. The van der Waals surface area contributed by atoms with Gasteiger partial charge in [0.2, 0.25) is 0 Å². The largest absolute Gasteiger partial charge is 0.490 e. The highest BCUT2D eigenvalue weighted by Crippen LogP contribution is 2.29. The number of halogens is 1. The third-order valence-corrected chi connectivity index (χ3v) is 5.58. The second-order valence-corrected chi connectivity index (χ2v) is 7.90. The Morgan fingerprint density at radius 1 is 1.04 bits per heavy atom. The third-order valence-electron chi connectivity index (χ3n) is 3.96. The lowest BCUT2D eigenvalue weighted by molar-refractivity contribution is 0.260. The van der Waals surface area contributed by atoms with Gasteiger partial charge in [0.1, 0.15) is 6.61 Å². The molecule has 0 N–H and O–H groups in total. The van der Waals surface area contributed by atoms with E-state index in [1.54, 1.807) is 11.8 Å². The van der Waals surface area contributed by atoms with Gasteiger partial charge in [-0.1, -0.05) is 45.9 Å². The molecule has 0 spiro atoms. The van der Waals surface area contributed by atoms with E-state index in [1.807, 2.05) is 55.8 Å². The molecular weight excluding hydrogens is 426 g/mol. The van der Waals surface area contributed by atoms with Crippen LogP contribution in [0.2, 0.25) is 0 Å². The first-order chi connectivity index (χ1) is 13.1. The van der Waals surface area contributed by atoms with Crippen molar-refractivity contribution in [3.05, 3.63) is 63.9 Å². The molecule has 0 radical (unpaired) electrons. The zero-order valence-corrected chi connectivity index (χ0v) is 18.0. The Labute approximate surface area is 172 Å². The average Bonchev–Trinajstić information content (AvgIpc) is 3.01. The highest BCUT2D eigenvalue weighted by atomic mass is 79.9. The predicted octanol–water partition coefficient (Wildman–Crippen LogP) is 5.16. The Hall–Kier alpha value is -1.99. The Bertz CT molecular complexity index is 897. The monoisotopic (exact) mass is 447 g/mol. The Balaban J connectivity index is 1.63. The minimum Gasteiger partial charge on any atom is -0.490 e. The van der Waals surface area contributed by atoms with E-state index in [9.17, 15) is 0 Å². The fraction of sp³-hybridized carbons (Fsp3) is 0.300. The highest BCUT2D eigenvalue weighted by Gasteiger charge is 2.12. The van der Waals surface area contributed by atoms with E-state index in [-0.39, 0.29) is 0 Å². The molecule has 0 bridgehead atoms. The zero-order chi connectivity index (χ0) is 19.2. The van der Waals surface area contributed by atoms with Crippen molar-refractivity contribution in [1.82, 2.24) is 14.8 Å². The van der Waals surface area contributed by atoms with Gasteiger partial charge in [0.15, 0.2) is 22.5 Å². The summed E-state index contributed by atoms with van der Waals surface area (Å²) >= 11 is 5.11. The molecule has 0 aliphatic rings. The van der Waals surface area contributed by atoms with Crippen molar-refractivity contribution in [3.63, 3.8) is 0 Å². The van der Waals surface area contributed by atoms with Crippen LogP contribution in [0.5, 0.6) is 11.5 Å². The van der Waals surface area contributed by atoms with Crippen LogP contribution >= 0.6 is 27.7 Å². The summed E-state index contributed by atoms with van der Waals surface area (Å²) in [5.74, 6) is 3.09. The molecule has 27 heavy (non-hydrogen) atoms. The van der Waals surface area contributed by atoms with Gasteiger partial charge in [0, 0.05) is 17.3 Å². The van der Waals surface area contributed by atoms with Crippen LogP contribution in [0.1, 0.15) is 23.9 Å². The van der Waals surface area contributed by atoms with Gasteiger partial charge in [0.05, 0.1) is 6.61 Å². The molecule has 1 heterocycles. The SMILES string of the molecule is CCOc1cc(C)ccc1OCc1nnc(SCc2ccc(Br)cc2)n1C. The maximum Gasteiger partial charge on any atom is 0.191 e. The molecule has 3 aromatic rings. The Morgan fingerprint density at radius 3 is 2.56 bits per heavy atom. The van der Waals surface area contributed by atoms with Crippen molar-refractivity contribution in [3.8, 4) is 11.5 Å². The van der Waals surface area contributed by atoms with Crippen molar-refractivity contribution in [2.45, 2.75) is 31.4 Å². The maximum atomic E-state index is 5.94. The van der Waals surface area contributed by atoms with Gasteiger partial charge in [-0.2, -0.15) is 0 Å². The van der Waals surface area contributed by atoms with E-state index >= 15 is 0 Å². The quantitative estimate of drug-likeness (QED) is 0.446. The lowest BCUT2D eigenvalue weighted by Crippen LogP contribution is -2.05. The first-order valence-corrected chi connectivity index (χ1v) is 10.5. The van der Waals surface area contributed by atoms with Crippen molar-refractivity contribution in [2.24, 2.45) is 7.05 Å². The highest BCUT2D eigenvalue weighted by molar-refractivity contribution is 9.10. The number of aryl methyl sites for hydroxylation is 1. The second-order valence-electron chi connectivity index (χ2n) is 6.04. The van der Waals surface area contributed by atoms with Crippen LogP contribution in [0.15, 0.2) is 52.1 Å². The number of rotatable bonds is 8. The smallest absolute Gasteiger partial charge is 0.191 e. The van der Waals surface area contributed by atoms with Crippen LogP contribution in [-0.2, 0) is 19.4 Å². The summed E-state index contributed by atoms with van der Waals surface area (Å²) in [6, 6.07) is 14.2. The first kappa shape index (κ1) is 19.8. The van der Waals surface area contributed by atoms with Gasteiger partial charge in [-0.15, -0.1) is 10.2 Å². The summed E-state index contributed by atoms with van der Waals surface area (Å²) in [6.07, 6.45) is 0. The van der Waals surface area contributed by atoms with Crippen LogP contribution < -0.4 is 9.47 Å². The van der Waals surface area contributed by atoms with E-state index in [0.717, 1.165) is 38.3 Å². The molecule has 0 saturated carbocycles. The van der Waals surface area contributed by atoms with Crippen LogP contribution in [0, 0.1) is 6.92 Å². The Morgan fingerprint density at radius 2 is 1.81 bits per heavy atom. The maximum absolute atomic E-state index is 5.94. The summed E-state index contributed by atoms with van der Waals surface area (Å²) < 4.78 is 14.7. The number of ether oxygens (including phenoxy) is 2. The molecule has 0 atom stereocenters. The summed E-state index contributed by atoms with van der Waals surface area (Å²) in [6.45, 7) is 4.93. The molecule has 3 rings (SSSR count). The molecule has 142 valence electrons. The van der Waals surface area contributed by atoms with Crippen molar-refractivity contribution >= 4 is 27.7 Å². The van der Waals surface area contributed by atoms with Crippen molar-refractivity contribution in [2.75, 3.05) is 6.61 Å². The van der Waals surface area contributed by atoms with E-state index in [4.69, 9.17) is 9.47 Å². The number of hydrogen-bond acceptors (Lipinski definition) is 5. The topological polar surface area (TPSA) is 49.2 Å². The lowest BCUT2D eigenvalue weighted by Gasteiger charge is -2.12. The van der Waals surface area contributed by atoms with Crippen LogP contribution in [0.25, 0.3) is 0 Å². The van der Waals surface area contributed by atoms with Crippen LogP contribution in [-0.4, -0.2) is 21.4 Å². The molecule has 0 amide bonds. The Kier molecular flexibility index (Phi) is 6.79. The van der Waals surface area contributed by atoms with Crippen LogP contribution in [0.3, 0.4) is 0 Å². The zero-order valence-electron chi connectivity index (χ0n) is 15.6. The third kappa shape index (κ3) is 5.26. The number of aromatic nitrogens is 3. The number of thioether (sulfide) groups is 1. The first-order valence-electron chi connectivity index (χ1n) is 8.68. The van der Waals surface area contributed by atoms with E-state index in [0.29, 0.717) is 13.2 Å². The van der Waals surface area contributed by atoms with Crippen molar-refractivity contribution in [1.29, 1.82) is 0 Å². The molecule has 5 nitrogen and oxygen atoms in total. The predicted molar refractivity (Wildman–Crippen MR) is 111 cm³/mol. The molecule has 0 fully saturated rings. The molecule has 0 unspecified atom stereocenters. The van der Waals surface area contributed by atoms with Gasteiger partial charge in [-0.25, -0.2) is 0 Å². The normalized spacial score (nSPS) is 10.8. The van der Waals surface area contributed by atoms with Gasteiger partial charge >= 0.3 is 0 Å². The average molecular weight is 448 g/mol. The van der Waals surface area contributed by atoms with E-state index in [1.165, 1.54) is 5.56 Å². The van der Waals surface area contributed by atoms with Gasteiger partial charge in [0.25, 0.3) is 0 Å². The number of benzene rings is 2. The fourth-order valence-corrected chi connectivity index (χ4v) is 3.62. The molecule has 0 saturated heterocycles. The minimum atomic E-state index is 0.339. The van der Waals surface area contributed by atoms with Crippen molar-refractivity contribution < 1.29 is 9.47 Å². The van der Waals surface area contributed by atoms with E-state index in [2.05, 4.69) is 38.3 Å². The second kappa shape index (κ2) is 9.28. The molecule has 7 heteroatoms. The molecule has 0 aliphatic heterocycles. The molecule has 2 aromatic carbocycles. The van der Waals surface area contributed by atoms with Gasteiger partial charge < -0.3 is 14.0 Å². The van der Waals surface area contributed by atoms with Gasteiger partial charge in [-0.05, 0) is 49.2 Å².